The predicted octanol–water partition coefficient (Wildman–Crippen LogP) is 2.71. The number of ether oxygens (including phenoxy) is 1. The molecule has 0 radical (unpaired) electrons. The van der Waals surface area contributed by atoms with Gasteiger partial charge in [-0.25, -0.2) is 4.99 Å². The van der Waals surface area contributed by atoms with Crippen LogP contribution in [0.2, 0.25) is 0 Å². The molecule has 17 heavy (non-hydrogen) atoms. The lowest BCUT2D eigenvalue weighted by Crippen LogP contribution is -2.27. The summed E-state index contributed by atoms with van der Waals surface area (Å²) < 4.78 is 5.45. The molecule has 0 saturated carbocycles. The maximum absolute atomic E-state index is 10.1. The van der Waals surface area contributed by atoms with Crippen molar-refractivity contribution in [3.8, 4) is 0 Å². The van der Waals surface area contributed by atoms with Crippen LogP contribution in [0.25, 0.3) is 0 Å². The second kappa shape index (κ2) is 5.50. The quantitative estimate of drug-likeness (QED) is 0.764. The second-order valence-electron chi connectivity index (χ2n) is 5.27. The van der Waals surface area contributed by atoms with E-state index in [1.165, 1.54) is 0 Å². The first-order chi connectivity index (χ1) is 7.85. The molecule has 3 heteroatoms. The number of hydrogen-bond acceptors (Lipinski definition) is 3. The third kappa shape index (κ3) is 4.00. The van der Waals surface area contributed by atoms with Crippen LogP contribution in [0.1, 0.15) is 34.6 Å². The Balaban J connectivity index is 2.71. The summed E-state index contributed by atoms with van der Waals surface area (Å²) in [6.45, 7) is 10.5. The van der Waals surface area contributed by atoms with Gasteiger partial charge in [0.1, 0.15) is 12.7 Å². The van der Waals surface area contributed by atoms with Crippen molar-refractivity contribution in [2.24, 2.45) is 10.9 Å². The van der Waals surface area contributed by atoms with E-state index >= 15 is 0 Å². The van der Waals surface area contributed by atoms with Gasteiger partial charge in [0.15, 0.2) is 0 Å². The predicted molar refractivity (Wildman–Crippen MR) is 71.2 cm³/mol. The molecule has 0 spiro atoms. The van der Waals surface area contributed by atoms with Crippen LogP contribution in [0.5, 0.6) is 0 Å². The number of hydrogen-bond donors (Lipinski definition) is 1. The Bertz CT molecular complexity index is 353. The highest BCUT2D eigenvalue weighted by Gasteiger charge is 2.31. The van der Waals surface area contributed by atoms with E-state index in [4.69, 9.17) is 4.74 Å². The third-order valence-corrected chi connectivity index (χ3v) is 2.69. The van der Waals surface area contributed by atoms with E-state index in [1.54, 1.807) is 0 Å². The summed E-state index contributed by atoms with van der Waals surface area (Å²) >= 11 is 0. The molecule has 1 aliphatic rings. The van der Waals surface area contributed by atoms with Gasteiger partial charge in [-0.1, -0.05) is 30.7 Å². The lowest BCUT2D eigenvalue weighted by molar-refractivity contribution is 0.163. The highest BCUT2D eigenvalue weighted by molar-refractivity contribution is 5.83. The average molecular weight is 237 g/mol. The van der Waals surface area contributed by atoms with E-state index in [-0.39, 0.29) is 11.5 Å². The van der Waals surface area contributed by atoms with Gasteiger partial charge in [-0.3, -0.25) is 0 Å². The number of rotatable bonds is 4. The monoisotopic (exact) mass is 237 g/mol. The zero-order chi connectivity index (χ0) is 13.1. The smallest absolute Gasteiger partial charge is 0.214 e. The molecule has 0 amide bonds. The highest BCUT2D eigenvalue weighted by Crippen LogP contribution is 2.21. The Morgan fingerprint density at radius 2 is 2.18 bits per heavy atom. The van der Waals surface area contributed by atoms with E-state index in [1.807, 2.05) is 52.8 Å². The molecule has 1 heterocycles. The van der Waals surface area contributed by atoms with Gasteiger partial charge in [0, 0.05) is 5.92 Å². The van der Waals surface area contributed by atoms with Gasteiger partial charge in [-0.2, -0.15) is 0 Å². The molecular weight excluding hydrogens is 214 g/mol. The number of aliphatic hydroxyl groups excluding tert-OH is 1. The summed E-state index contributed by atoms with van der Waals surface area (Å²) in [6, 6.07) is 0. The molecule has 2 atom stereocenters. The van der Waals surface area contributed by atoms with Gasteiger partial charge in [0.05, 0.1) is 5.54 Å². The first-order valence-electron chi connectivity index (χ1n) is 6.07. The van der Waals surface area contributed by atoms with E-state index < -0.39 is 6.10 Å². The Morgan fingerprint density at radius 1 is 1.53 bits per heavy atom. The maximum Gasteiger partial charge on any atom is 0.214 e. The summed E-state index contributed by atoms with van der Waals surface area (Å²) in [6.07, 6.45) is 5.38. The molecule has 1 N–H and O–H groups in total. The molecule has 0 unspecified atom stereocenters. The molecule has 1 rings (SSSR count). The van der Waals surface area contributed by atoms with E-state index in [0.717, 1.165) is 5.57 Å². The Labute approximate surface area is 104 Å². The van der Waals surface area contributed by atoms with Crippen LogP contribution < -0.4 is 0 Å². The summed E-state index contributed by atoms with van der Waals surface area (Å²) in [7, 11) is 0. The summed E-state index contributed by atoms with van der Waals surface area (Å²) in [5.41, 5.74) is 0.926. The summed E-state index contributed by atoms with van der Waals surface area (Å²) in [5.74, 6) is 0.464. The van der Waals surface area contributed by atoms with Crippen LogP contribution >= 0.6 is 0 Å². The number of nitrogens with zero attached hydrogens (tertiary/aromatic N) is 1. The average Bonchev–Trinajstić information content (AvgIpc) is 2.58. The SMILES string of the molecule is C/C=C/C(C)=C/[C@@H](C)[C@H](O)C1=NC(C)(C)CO1. The fraction of sp³-hybridized carbons (Fsp3) is 0.643. The van der Waals surface area contributed by atoms with Crippen molar-refractivity contribution >= 4 is 5.90 Å². The Kier molecular flexibility index (Phi) is 4.52. The Hall–Kier alpha value is -1.09. The van der Waals surface area contributed by atoms with Crippen molar-refractivity contribution in [2.75, 3.05) is 6.61 Å². The first kappa shape index (κ1) is 14.0. The van der Waals surface area contributed by atoms with Crippen molar-refractivity contribution in [2.45, 2.75) is 46.3 Å². The molecule has 0 saturated heterocycles. The number of allylic oxidation sites excluding steroid dienone is 3. The van der Waals surface area contributed by atoms with Crippen LogP contribution in [0.15, 0.2) is 28.8 Å². The fourth-order valence-electron chi connectivity index (χ4n) is 1.81. The topological polar surface area (TPSA) is 41.8 Å². The van der Waals surface area contributed by atoms with Crippen molar-refractivity contribution in [3.63, 3.8) is 0 Å². The van der Waals surface area contributed by atoms with Gasteiger partial charge < -0.3 is 9.84 Å². The molecule has 96 valence electrons. The summed E-state index contributed by atoms with van der Waals surface area (Å²) in [4.78, 5) is 4.39. The molecule has 3 nitrogen and oxygen atoms in total. The van der Waals surface area contributed by atoms with E-state index in [9.17, 15) is 5.11 Å². The van der Waals surface area contributed by atoms with Gasteiger partial charge in [0.2, 0.25) is 5.90 Å². The highest BCUT2D eigenvalue weighted by atomic mass is 16.5. The van der Waals surface area contributed by atoms with Crippen molar-refractivity contribution < 1.29 is 9.84 Å². The summed E-state index contributed by atoms with van der Waals surface area (Å²) in [5, 5.41) is 10.1. The van der Waals surface area contributed by atoms with Gasteiger partial charge >= 0.3 is 0 Å². The zero-order valence-corrected chi connectivity index (χ0v) is 11.4. The Morgan fingerprint density at radius 3 is 2.65 bits per heavy atom. The van der Waals surface area contributed by atoms with Gasteiger partial charge in [-0.15, -0.1) is 0 Å². The minimum absolute atomic E-state index is 0.00106. The molecule has 1 aliphatic heterocycles. The van der Waals surface area contributed by atoms with Crippen molar-refractivity contribution in [1.29, 1.82) is 0 Å². The number of aliphatic imine (C=N–C) groups is 1. The fourth-order valence-corrected chi connectivity index (χ4v) is 1.81. The van der Waals surface area contributed by atoms with Gasteiger partial charge in [0.25, 0.3) is 0 Å². The molecular formula is C14H23NO2. The largest absolute Gasteiger partial charge is 0.477 e. The standard InChI is InChI=1S/C14H23NO2/c1-6-7-10(2)8-11(3)12(16)13-15-14(4,5)9-17-13/h6-8,11-12,16H,9H2,1-5H3/b7-6+,10-8+/t11-,12+/m1/s1. The number of aliphatic hydroxyl groups is 1. The van der Waals surface area contributed by atoms with Crippen LogP contribution in [-0.2, 0) is 4.74 Å². The van der Waals surface area contributed by atoms with Crippen LogP contribution in [0.4, 0.5) is 0 Å². The van der Waals surface area contributed by atoms with Crippen LogP contribution in [-0.4, -0.2) is 29.3 Å². The van der Waals surface area contributed by atoms with E-state index in [2.05, 4.69) is 4.99 Å². The van der Waals surface area contributed by atoms with Crippen LogP contribution in [0, 0.1) is 5.92 Å². The first-order valence-corrected chi connectivity index (χ1v) is 6.07. The van der Waals surface area contributed by atoms with Crippen molar-refractivity contribution in [1.82, 2.24) is 0 Å². The molecule has 0 aromatic heterocycles. The maximum atomic E-state index is 10.1. The normalized spacial score (nSPS) is 23.4. The lowest BCUT2D eigenvalue weighted by Gasteiger charge is -2.15. The lowest BCUT2D eigenvalue weighted by atomic mass is 10.0. The molecule has 0 aliphatic carbocycles. The zero-order valence-electron chi connectivity index (χ0n) is 11.4. The van der Waals surface area contributed by atoms with Crippen molar-refractivity contribution in [3.05, 3.63) is 23.8 Å². The van der Waals surface area contributed by atoms with E-state index in [0.29, 0.717) is 12.5 Å². The molecule has 0 fully saturated rings. The third-order valence-electron chi connectivity index (χ3n) is 2.69. The minimum atomic E-state index is -0.656. The molecule has 0 bridgehead atoms. The second-order valence-corrected chi connectivity index (χ2v) is 5.27. The van der Waals surface area contributed by atoms with Gasteiger partial charge in [-0.05, 0) is 27.7 Å². The molecule has 0 aromatic carbocycles. The van der Waals surface area contributed by atoms with Crippen LogP contribution in [0.3, 0.4) is 0 Å². The minimum Gasteiger partial charge on any atom is -0.477 e. The molecule has 0 aromatic rings.